The molecule has 0 aliphatic heterocycles. The summed E-state index contributed by atoms with van der Waals surface area (Å²) in [5, 5.41) is 17.8. The summed E-state index contributed by atoms with van der Waals surface area (Å²) in [6, 6.07) is 0. The van der Waals surface area contributed by atoms with Crippen molar-refractivity contribution in [3.05, 3.63) is 12.2 Å². The standard InChI is InChI=1S/C19H32O4S/c1-2-3-4-5-6-7-10-15-12-13-17(20)16(15)11-8-9-14-24-19(23)18(21)22/h4-5,15-16,19,23H,2-3,6-14H2,1H3,(H,21,22)/t15-,16+,19?/m0/s1. The molecule has 0 aromatic rings. The third-order valence-corrected chi connectivity index (χ3v) is 5.75. The highest BCUT2D eigenvalue weighted by atomic mass is 32.2. The van der Waals surface area contributed by atoms with Crippen LogP contribution < -0.4 is 0 Å². The molecule has 24 heavy (non-hydrogen) atoms. The van der Waals surface area contributed by atoms with Crippen molar-refractivity contribution in [2.75, 3.05) is 5.75 Å². The number of aliphatic hydroxyl groups is 1. The Morgan fingerprint density at radius 1 is 1.25 bits per heavy atom. The highest BCUT2D eigenvalue weighted by Gasteiger charge is 2.33. The monoisotopic (exact) mass is 356 g/mol. The normalized spacial score (nSPS) is 22.3. The molecule has 1 saturated carbocycles. The van der Waals surface area contributed by atoms with Crippen LogP contribution in [0.1, 0.15) is 71.1 Å². The van der Waals surface area contributed by atoms with Crippen molar-refractivity contribution < 1.29 is 19.8 Å². The van der Waals surface area contributed by atoms with E-state index >= 15 is 0 Å². The summed E-state index contributed by atoms with van der Waals surface area (Å²) >= 11 is 1.06. The van der Waals surface area contributed by atoms with Gasteiger partial charge in [0.15, 0.2) is 5.44 Å². The first-order chi connectivity index (χ1) is 11.6. The van der Waals surface area contributed by atoms with E-state index in [-0.39, 0.29) is 5.92 Å². The highest BCUT2D eigenvalue weighted by molar-refractivity contribution is 8.00. The molecule has 1 unspecified atom stereocenters. The van der Waals surface area contributed by atoms with E-state index in [4.69, 9.17) is 5.11 Å². The fraction of sp³-hybridized carbons (Fsp3) is 0.789. The summed E-state index contributed by atoms with van der Waals surface area (Å²) in [7, 11) is 0. The molecule has 0 spiro atoms. The van der Waals surface area contributed by atoms with Gasteiger partial charge in [0.05, 0.1) is 0 Å². The molecule has 0 radical (unpaired) electrons. The molecule has 1 aliphatic rings. The summed E-state index contributed by atoms with van der Waals surface area (Å²) in [5.74, 6) is 0.605. The van der Waals surface area contributed by atoms with Crippen molar-refractivity contribution in [3.8, 4) is 0 Å². The second kappa shape index (κ2) is 12.5. The maximum atomic E-state index is 12.1. The number of hydrogen-bond acceptors (Lipinski definition) is 4. The van der Waals surface area contributed by atoms with Crippen molar-refractivity contribution in [2.45, 2.75) is 76.6 Å². The van der Waals surface area contributed by atoms with Gasteiger partial charge in [-0.25, -0.2) is 4.79 Å². The topological polar surface area (TPSA) is 74.6 Å². The smallest absolute Gasteiger partial charge is 0.343 e. The Hall–Kier alpha value is -0.810. The lowest BCUT2D eigenvalue weighted by atomic mass is 9.87. The molecular formula is C19H32O4S. The molecule has 0 heterocycles. The molecule has 0 bridgehead atoms. The van der Waals surface area contributed by atoms with E-state index < -0.39 is 11.4 Å². The average Bonchev–Trinajstić information content (AvgIpc) is 2.90. The lowest BCUT2D eigenvalue weighted by Crippen LogP contribution is -2.16. The Kier molecular flexibility index (Phi) is 11.1. The molecule has 138 valence electrons. The maximum absolute atomic E-state index is 12.1. The van der Waals surface area contributed by atoms with Gasteiger partial charge in [0.25, 0.3) is 0 Å². The SMILES string of the molecule is CCCC=CCCC[C@H]1CCC(=O)[C@@H]1CCCCSC(O)C(=O)O. The second-order valence-electron chi connectivity index (χ2n) is 6.62. The minimum Gasteiger partial charge on any atom is -0.479 e. The van der Waals surface area contributed by atoms with E-state index in [1.165, 1.54) is 6.42 Å². The Labute approximate surface area is 150 Å². The zero-order chi connectivity index (χ0) is 17.8. The first kappa shape index (κ1) is 21.2. The molecule has 1 aliphatic carbocycles. The molecule has 4 nitrogen and oxygen atoms in total. The minimum absolute atomic E-state index is 0.207. The molecule has 0 aromatic carbocycles. The zero-order valence-corrected chi connectivity index (χ0v) is 15.6. The Morgan fingerprint density at radius 3 is 2.71 bits per heavy atom. The fourth-order valence-corrected chi connectivity index (χ4v) is 4.09. The number of unbranched alkanes of at least 4 members (excludes halogenated alkanes) is 3. The van der Waals surface area contributed by atoms with Gasteiger partial charge in [-0.05, 0) is 56.6 Å². The quantitative estimate of drug-likeness (QED) is 0.290. The molecular weight excluding hydrogens is 324 g/mol. The number of allylic oxidation sites excluding steroid dienone is 2. The first-order valence-corrected chi connectivity index (χ1v) is 10.3. The van der Waals surface area contributed by atoms with E-state index in [0.29, 0.717) is 17.5 Å². The summed E-state index contributed by atoms with van der Waals surface area (Å²) in [4.78, 5) is 22.6. The summed E-state index contributed by atoms with van der Waals surface area (Å²) in [6.45, 7) is 2.18. The van der Waals surface area contributed by atoms with Crippen LogP contribution in [0, 0.1) is 11.8 Å². The van der Waals surface area contributed by atoms with Gasteiger partial charge >= 0.3 is 5.97 Å². The van der Waals surface area contributed by atoms with Gasteiger partial charge < -0.3 is 10.2 Å². The van der Waals surface area contributed by atoms with E-state index in [0.717, 1.165) is 69.5 Å². The number of carbonyl (C=O) groups excluding carboxylic acids is 1. The number of carbonyl (C=O) groups is 2. The van der Waals surface area contributed by atoms with Crippen LogP contribution in [0.2, 0.25) is 0 Å². The number of thioether (sulfide) groups is 1. The molecule has 0 aromatic heterocycles. The van der Waals surface area contributed by atoms with Crippen LogP contribution in [0.3, 0.4) is 0 Å². The van der Waals surface area contributed by atoms with Gasteiger partial charge in [0.1, 0.15) is 5.78 Å². The number of carboxylic acid groups (broad SMARTS) is 1. The predicted molar refractivity (Wildman–Crippen MR) is 99.1 cm³/mol. The lowest BCUT2D eigenvalue weighted by molar-refractivity contribution is -0.141. The van der Waals surface area contributed by atoms with Gasteiger partial charge in [-0.3, -0.25) is 4.79 Å². The van der Waals surface area contributed by atoms with E-state index in [1.807, 2.05) is 0 Å². The number of carboxylic acids is 1. The van der Waals surface area contributed by atoms with Gasteiger partial charge in [-0.1, -0.05) is 31.9 Å². The number of hydrogen-bond donors (Lipinski definition) is 2. The molecule has 0 saturated heterocycles. The highest BCUT2D eigenvalue weighted by Crippen LogP contribution is 2.36. The van der Waals surface area contributed by atoms with Gasteiger partial charge in [0, 0.05) is 12.3 Å². The summed E-state index contributed by atoms with van der Waals surface area (Å²) in [6.07, 6.45) is 14.7. The Bertz CT molecular complexity index is 408. The van der Waals surface area contributed by atoms with Gasteiger partial charge in [0.2, 0.25) is 0 Å². The second-order valence-corrected chi connectivity index (χ2v) is 7.81. The van der Waals surface area contributed by atoms with Gasteiger partial charge in [-0.2, -0.15) is 0 Å². The van der Waals surface area contributed by atoms with Crippen LogP contribution in [0.5, 0.6) is 0 Å². The summed E-state index contributed by atoms with van der Waals surface area (Å²) in [5.41, 5.74) is -1.33. The summed E-state index contributed by atoms with van der Waals surface area (Å²) < 4.78 is 0. The number of Topliss-reactive ketones (excluding diaryl/α,β-unsaturated/α-hetero) is 1. The van der Waals surface area contributed by atoms with Crippen molar-refractivity contribution in [1.29, 1.82) is 0 Å². The molecule has 3 atom stereocenters. The molecule has 2 N–H and O–H groups in total. The third-order valence-electron chi connectivity index (χ3n) is 4.71. The third kappa shape index (κ3) is 8.34. The Balaban J connectivity index is 2.19. The average molecular weight is 357 g/mol. The Morgan fingerprint density at radius 2 is 2.00 bits per heavy atom. The molecule has 0 amide bonds. The van der Waals surface area contributed by atoms with Crippen LogP contribution in [0.4, 0.5) is 0 Å². The minimum atomic E-state index is -1.33. The predicted octanol–water partition coefficient (Wildman–Crippen LogP) is 4.41. The molecule has 1 fully saturated rings. The molecule has 5 heteroatoms. The maximum Gasteiger partial charge on any atom is 0.343 e. The lowest BCUT2D eigenvalue weighted by Gasteiger charge is -2.18. The van der Waals surface area contributed by atoms with Crippen molar-refractivity contribution in [3.63, 3.8) is 0 Å². The van der Waals surface area contributed by atoms with Gasteiger partial charge in [-0.15, -0.1) is 11.8 Å². The molecule has 1 rings (SSSR count). The van der Waals surface area contributed by atoms with Crippen molar-refractivity contribution >= 4 is 23.5 Å². The van der Waals surface area contributed by atoms with Crippen LogP contribution >= 0.6 is 11.8 Å². The van der Waals surface area contributed by atoms with Crippen LogP contribution in [-0.2, 0) is 9.59 Å². The van der Waals surface area contributed by atoms with E-state index in [2.05, 4.69) is 19.1 Å². The van der Waals surface area contributed by atoms with E-state index in [1.54, 1.807) is 0 Å². The number of aliphatic carboxylic acids is 1. The number of ketones is 1. The van der Waals surface area contributed by atoms with Crippen LogP contribution in [0.25, 0.3) is 0 Å². The van der Waals surface area contributed by atoms with Crippen molar-refractivity contribution in [2.24, 2.45) is 11.8 Å². The number of rotatable bonds is 13. The first-order valence-electron chi connectivity index (χ1n) is 9.26. The van der Waals surface area contributed by atoms with Crippen molar-refractivity contribution in [1.82, 2.24) is 0 Å². The largest absolute Gasteiger partial charge is 0.479 e. The van der Waals surface area contributed by atoms with Crippen LogP contribution in [-0.4, -0.2) is 33.2 Å². The number of aliphatic hydroxyl groups excluding tert-OH is 1. The van der Waals surface area contributed by atoms with Crippen LogP contribution in [0.15, 0.2) is 12.2 Å². The fourth-order valence-electron chi connectivity index (χ4n) is 3.35. The van der Waals surface area contributed by atoms with E-state index in [9.17, 15) is 14.7 Å². The zero-order valence-electron chi connectivity index (χ0n) is 14.8.